The lowest BCUT2D eigenvalue weighted by atomic mass is 10.1. The van der Waals surface area contributed by atoms with Gasteiger partial charge in [0, 0.05) is 100 Å². The Kier molecular flexibility index (Phi) is 23.6. The molecule has 10 rings (SSSR count). The molecule has 6 amide bonds. The molecular weight excluding hydrogens is 1240 g/mol. The van der Waals surface area contributed by atoms with Crippen molar-refractivity contribution in [1.29, 1.82) is 0 Å². The number of likely N-dealkylation sites (tertiary alicyclic amines) is 3. The molecule has 0 spiro atoms. The maximum Gasteiger partial charge on any atom is 0.252 e. The van der Waals surface area contributed by atoms with Gasteiger partial charge in [-0.2, -0.15) is 20.4 Å². The predicted molar refractivity (Wildman–Crippen MR) is 350 cm³/mol. The van der Waals surface area contributed by atoms with Crippen molar-refractivity contribution >= 4 is 70.2 Å². The molecule has 486 valence electrons. The molecule has 0 aliphatic carbocycles. The molecule has 92 heavy (non-hydrogen) atoms. The summed E-state index contributed by atoms with van der Waals surface area (Å²) in [6, 6.07) is 15.2. The minimum Gasteiger partial charge on any atom is -0.493 e. The Bertz CT molecular complexity index is 3850. The predicted octanol–water partition coefficient (Wildman–Crippen LogP) is 9.63. The summed E-state index contributed by atoms with van der Waals surface area (Å²) in [5.41, 5.74) is 21.3. The number of hydrogen-bond donors (Lipinski definition) is 3. The maximum absolute atomic E-state index is 12.2. The van der Waals surface area contributed by atoms with Crippen LogP contribution in [0.15, 0.2) is 124 Å². The molecule has 7 heterocycles. The summed E-state index contributed by atoms with van der Waals surface area (Å²) in [4.78, 5) is 77.5. The number of ether oxygens (including phenoxy) is 4. The second-order valence-electron chi connectivity index (χ2n) is 22.4. The first-order chi connectivity index (χ1) is 44.1. The summed E-state index contributed by atoms with van der Waals surface area (Å²) in [5, 5.41) is 19.5. The topological polar surface area (TPSA) is 298 Å². The molecule has 4 aromatic heterocycles. The van der Waals surface area contributed by atoms with Crippen LogP contribution < -0.4 is 31.4 Å². The first-order valence-corrected chi connectivity index (χ1v) is 30.9. The van der Waals surface area contributed by atoms with E-state index in [0.29, 0.717) is 136 Å². The number of methoxy groups -OCH3 is 2. The van der Waals surface area contributed by atoms with E-state index in [1.807, 2.05) is 10.9 Å². The number of aromatic nitrogens is 8. The van der Waals surface area contributed by atoms with Crippen LogP contribution in [0.25, 0.3) is 33.8 Å². The fourth-order valence-corrected chi connectivity index (χ4v) is 11.4. The van der Waals surface area contributed by atoms with Gasteiger partial charge in [0.2, 0.25) is 17.7 Å². The third kappa shape index (κ3) is 17.0. The third-order valence-corrected chi connectivity index (χ3v) is 16.6. The van der Waals surface area contributed by atoms with Crippen LogP contribution in [0, 0.1) is 5.92 Å². The van der Waals surface area contributed by atoms with Crippen LogP contribution in [0.4, 0.5) is 0 Å². The fraction of sp³-hybridized carbons (Fsp3) is 0.354. The quantitative estimate of drug-likeness (QED) is 0.0446. The number of rotatable bonds is 21. The maximum atomic E-state index is 12.2. The second-order valence-corrected chi connectivity index (χ2v) is 23.7. The third-order valence-electron chi connectivity index (χ3n) is 15.5. The second kappa shape index (κ2) is 31.7. The van der Waals surface area contributed by atoms with Crippen molar-refractivity contribution in [3.8, 4) is 56.8 Å². The van der Waals surface area contributed by atoms with Crippen LogP contribution in [0.2, 0.25) is 15.1 Å². The van der Waals surface area contributed by atoms with E-state index in [1.165, 1.54) is 25.3 Å². The molecule has 0 radical (unpaired) electrons. The highest BCUT2D eigenvalue weighted by molar-refractivity contribution is 6.42. The summed E-state index contributed by atoms with van der Waals surface area (Å²) >= 11 is 18.3. The summed E-state index contributed by atoms with van der Waals surface area (Å²) in [6.07, 6.45) is 17.6. The highest BCUT2D eigenvalue weighted by Gasteiger charge is 2.31. The van der Waals surface area contributed by atoms with E-state index in [0.717, 1.165) is 50.6 Å². The van der Waals surface area contributed by atoms with E-state index >= 15 is 0 Å². The van der Waals surface area contributed by atoms with Gasteiger partial charge in [0.25, 0.3) is 17.7 Å². The Hall–Kier alpha value is -9.23. The molecular formula is C65H75Cl3N14O10. The molecule has 27 heteroatoms. The van der Waals surface area contributed by atoms with Gasteiger partial charge in [-0.15, -0.1) is 0 Å². The van der Waals surface area contributed by atoms with Crippen molar-refractivity contribution in [3.05, 3.63) is 155 Å². The Labute approximate surface area is 548 Å². The SMILES string of the molecule is C=CC(=O)N1CCC[C@@H](n2cc(C(N)=O)c(-c3ccc(Cl)c(OCCOC)c3)n2)C1.C=CC(=O)N1CCC[C@@H](n2cc(C(N)=O)c(-c3ccc(Oc4ccc(Cl)c(Cl)c4)c(OC)c3)n2)C1.C=CC(=O)N1CCC[C@@H](n2cc(C(N)=O)c(-c3cnn(CC(C)C)c3)n2)C1. The monoisotopic (exact) mass is 1320 g/mol. The van der Waals surface area contributed by atoms with Gasteiger partial charge >= 0.3 is 0 Å². The Morgan fingerprint density at radius 1 is 0.565 bits per heavy atom. The van der Waals surface area contributed by atoms with Crippen LogP contribution in [-0.2, 0) is 25.7 Å². The summed E-state index contributed by atoms with van der Waals surface area (Å²) < 4.78 is 29.1. The highest BCUT2D eigenvalue weighted by Crippen LogP contribution is 2.39. The summed E-state index contributed by atoms with van der Waals surface area (Å²) in [7, 11) is 3.10. The minimum atomic E-state index is -0.601. The Morgan fingerprint density at radius 3 is 1.43 bits per heavy atom. The smallest absolute Gasteiger partial charge is 0.252 e. The number of nitrogens with zero attached hydrogens (tertiary/aromatic N) is 11. The largest absolute Gasteiger partial charge is 0.493 e. The number of carbonyl (C=O) groups is 6. The van der Waals surface area contributed by atoms with Gasteiger partial charge in [0.1, 0.15) is 35.2 Å². The number of nitrogens with two attached hydrogens (primary N) is 3. The number of carbonyl (C=O) groups excluding carboxylic acids is 6. The summed E-state index contributed by atoms with van der Waals surface area (Å²) in [5.74, 6) is 0.261. The molecule has 0 saturated carbocycles. The number of piperidine rings is 3. The lowest BCUT2D eigenvalue weighted by Crippen LogP contribution is -2.40. The molecule has 24 nitrogen and oxygen atoms in total. The number of primary amides is 3. The normalized spacial score (nSPS) is 16.3. The van der Waals surface area contributed by atoms with Crippen LogP contribution in [0.5, 0.6) is 23.0 Å². The first kappa shape index (κ1) is 68.7. The zero-order valence-corrected chi connectivity index (χ0v) is 54.0. The fourth-order valence-electron chi connectivity index (χ4n) is 10.9. The van der Waals surface area contributed by atoms with Crippen molar-refractivity contribution in [3.63, 3.8) is 0 Å². The van der Waals surface area contributed by atoms with E-state index in [-0.39, 0.29) is 41.4 Å². The van der Waals surface area contributed by atoms with E-state index in [4.69, 9.17) is 71.0 Å². The van der Waals surface area contributed by atoms with E-state index in [1.54, 1.807) is 115 Å². The zero-order valence-electron chi connectivity index (χ0n) is 51.7. The number of hydrogen-bond acceptors (Lipinski definition) is 14. The standard InChI is InChI=1S/C25H24Cl2N4O4.C21H25ClN4O4.C19H26N6O2/c1-3-23(32)30-10-4-5-16(13-30)31-14-18(25(28)33)24(29-31)15-6-9-21(22(11-15)34-2)35-17-7-8-19(26)20(27)12-17;1-3-19(27)25-8-4-5-15(12-25)26-13-16(21(23)28)20(24-26)14-6-7-17(22)18(11-14)30-10-9-29-2;1-4-17(26)23-7-5-6-15(11-23)25-12-16(19(20)27)18(22-25)14-8-21-24(10-14)9-13(2)3/h3,6-9,11-12,14,16H,1,4-5,10,13H2,2H3,(H2,28,33);3,6-7,11,13,15H,1,4-5,8-10,12H2,2H3,(H2,23,28);4,8,10,12-13,15H,1,5-7,9,11H2,2-3H3,(H2,20,27)/t16-;2*15-/m111/s1. The zero-order chi connectivity index (χ0) is 66.3. The molecule has 3 saturated heterocycles. The Balaban J connectivity index is 0.000000179. The average Bonchev–Trinajstić information content (AvgIpc) is 1.66. The first-order valence-electron chi connectivity index (χ1n) is 29.8. The van der Waals surface area contributed by atoms with Gasteiger partial charge in [-0.05, 0) is 105 Å². The van der Waals surface area contributed by atoms with Crippen LogP contribution in [0.1, 0.15) is 102 Å². The van der Waals surface area contributed by atoms with Crippen molar-refractivity contribution in [2.45, 2.75) is 77.0 Å². The van der Waals surface area contributed by atoms with E-state index in [9.17, 15) is 28.8 Å². The molecule has 3 atom stereocenters. The van der Waals surface area contributed by atoms with Crippen molar-refractivity contribution in [1.82, 2.24) is 53.8 Å². The molecule has 0 unspecified atom stereocenters. The number of benzene rings is 3. The number of halogens is 3. The molecule has 3 aromatic carbocycles. The lowest BCUT2D eigenvalue weighted by Gasteiger charge is -2.32. The lowest BCUT2D eigenvalue weighted by molar-refractivity contribution is -0.128. The molecule has 0 bridgehead atoms. The van der Waals surface area contributed by atoms with Crippen LogP contribution in [0.3, 0.4) is 0 Å². The van der Waals surface area contributed by atoms with Crippen molar-refractivity contribution < 1.29 is 47.7 Å². The minimum absolute atomic E-state index is 0.000193. The van der Waals surface area contributed by atoms with Crippen molar-refractivity contribution in [2.75, 3.05) is 66.7 Å². The van der Waals surface area contributed by atoms with E-state index in [2.05, 4.69) is 54.0 Å². The van der Waals surface area contributed by atoms with Gasteiger partial charge in [-0.1, -0.05) is 74.5 Å². The van der Waals surface area contributed by atoms with Crippen molar-refractivity contribution in [2.24, 2.45) is 23.1 Å². The molecule has 3 aliphatic heterocycles. The summed E-state index contributed by atoms with van der Waals surface area (Å²) in [6.45, 7) is 20.0. The van der Waals surface area contributed by atoms with Crippen LogP contribution in [-0.4, -0.2) is 156 Å². The van der Waals surface area contributed by atoms with Gasteiger partial charge in [0.15, 0.2) is 11.5 Å². The molecule has 3 aliphatic rings. The van der Waals surface area contributed by atoms with Gasteiger partial charge in [0.05, 0.1) is 69.8 Å². The highest BCUT2D eigenvalue weighted by atomic mass is 35.5. The number of amides is 6. The van der Waals surface area contributed by atoms with Gasteiger partial charge in [-0.25, -0.2) is 0 Å². The molecule has 6 N–H and O–H groups in total. The van der Waals surface area contributed by atoms with E-state index < -0.39 is 17.7 Å². The van der Waals surface area contributed by atoms with Crippen LogP contribution >= 0.6 is 34.8 Å². The Morgan fingerprint density at radius 2 is 1.01 bits per heavy atom. The van der Waals surface area contributed by atoms with Gasteiger partial charge in [-0.3, -0.25) is 47.5 Å². The van der Waals surface area contributed by atoms with Gasteiger partial charge < -0.3 is 50.8 Å². The molecule has 3 fully saturated rings. The molecule has 7 aromatic rings. The average molecular weight is 1320 g/mol.